The van der Waals surface area contributed by atoms with Gasteiger partial charge in [0.1, 0.15) is 16.6 Å². The smallest absolute Gasteiger partial charge is 0.275 e. The quantitative estimate of drug-likeness (QED) is 0.591. The average molecular weight is 405 g/mol. The summed E-state index contributed by atoms with van der Waals surface area (Å²) in [6, 6.07) is 6.07. The van der Waals surface area contributed by atoms with Gasteiger partial charge in [0.2, 0.25) is 11.8 Å². The number of rotatable bonds is 6. The van der Waals surface area contributed by atoms with Gasteiger partial charge in [0.25, 0.3) is 5.56 Å². The van der Waals surface area contributed by atoms with Crippen molar-refractivity contribution < 1.29 is 19.5 Å². The topological polar surface area (TPSA) is 124 Å². The number of aromatic nitrogens is 2. The standard InChI is InChI=1S/C16H14N4O5S2/c21-11(17-5-6-19-12(22)8-27-16(19)26)7-20-14(23)10-4-2-1-3-9(10)13(18-20)15(24)25/h1-4H,5-8H2,(H,17,21)(H,24,25)/p-1. The molecule has 0 atom stereocenters. The lowest BCUT2D eigenvalue weighted by molar-refractivity contribution is -0.255. The van der Waals surface area contributed by atoms with Gasteiger partial charge in [-0.15, -0.1) is 0 Å². The second-order valence-corrected chi connectivity index (χ2v) is 7.20. The highest BCUT2D eigenvalue weighted by Gasteiger charge is 2.26. The second-order valence-electron chi connectivity index (χ2n) is 5.59. The maximum absolute atomic E-state index is 12.4. The van der Waals surface area contributed by atoms with Gasteiger partial charge in [0.15, 0.2) is 0 Å². The number of carboxylic acid groups (broad SMARTS) is 1. The number of thiocarbonyl (C=S) groups is 1. The summed E-state index contributed by atoms with van der Waals surface area (Å²) >= 11 is 6.30. The molecule has 0 unspecified atom stereocenters. The molecular formula is C16H13N4O5S2-. The summed E-state index contributed by atoms with van der Waals surface area (Å²) in [7, 11) is 0. The molecule has 0 aliphatic carbocycles. The molecule has 0 radical (unpaired) electrons. The molecule has 2 amide bonds. The molecule has 0 saturated carbocycles. The highest BCUT2D eigenvalue weighted by molar-refractivity contribution is 8.23. The fraction of sp³-hybridized carbons (Fsp3) is 0.250. The van der Waals surface area contributed by atoms with Crippen LogP contribution in [-0.2, 0) is 16.1 Å². The maximum atomic E-state index is 12.4. The predicted octanol–water partition coefficient (Wildman–Crippen LogP) is -1.26. The van der Waals surface area contributed by atoms with Crippen LogP contribution in [0.25, 0.3) is 10.8 Å². The van der Waals surface area contributed by atoms with Gasteiger partial charge in [-0.2, -0.15) is 5.10 Å². The summed E-state index contributed by atoms with van der Waals surface area (Å²) in [6.45, 7) is -0.0984. The SMILES string of the molecule is O=C(Cn1nc(C(=O)[O-])c2ccccc2c1=O)NCCN1C(=O)CSC1=S. The van der Waals surface area contributed by atoms with E-state index < -0.39 is 29.7 Å². The number of carbonyl (C=O) groups excluding carboxylic acids is 3. The van der Waals surface area contributed by atoms with Gasteiger partial charge in [-0.3, -0.25) is 19.3 Å². The molecule has 9 nitrogen and oxygen atoms in total. The lowest BCUT2D eigenvalue weighted by Gasteiger charge is -2.15. The summed E-state index contributed by atoms with van der Waals surface area (Å²) in [4.78, 5) is 48.9. The number of carbonyl (C=O) groups is 3. The predicted molar refractivity (Wildman–Crippen MR) is 100 cm³/mol. The third-order valence-corrected chi connectivity index (χ3v) is 5.29. The van der Waals surface area contributed by atoms with Crippen molar-refractivity contribution in [1.82, 2.24) is 20.0 Å². The maximum Gasteiger partial charge on any atom is 0.275 e. The number of benzene rings is 1. The lowest BCUT2D eigenvalue weighted by Crippen LogP contribution is -2.40. The van der Waals surface area contributed by atoms with Crippen molar-refractivity contribution in [3.05, 3.63) is 40.3 Å². The Morgan fingerprint density at radius 2 is 1.96 bits per heavy atom. The number of amides is 2. The number of nitrogens with zero attached hydrogens (tertiary/aromatic N) is 3. The van der Waals surface area contributed by atoms with Gasteiger partial charge in [0, 0.05) is 18.5 Å². The Labute approximate surface area is 162 Å². The van der Waals surface area contributed by atoms with E-state index in [9.17, 15) is 24.3 Å². The summed E-state index contributed by atoms with van der Waals surface area (Å²) in [5, 5.41) is 17.9. The second kappa shape index (κ2) is 7.84. The van der Waals surface area contributed by atoms with E-state index in [-0.39, 0.29) is 35.5 Å². The van der Waals surface area contributed by atoms with Crippen molar-refractivity contribution in [2.45, 2.75) is 6.54 Å². The first-order chi connectivity index (χ1) is 12.9. The minimum atomic E-state index is -1.54. The van der Waals surface area contributed by atoms with Gasteiger partial charge < -0.3 is 15.2 Å². The van der Waals surface area contributed by atoms with Gasteiger partial charge in [-0.1, -0.05) is 42.2 Å². The van der Waals surface area contributed by atoms with E-state index in [2.05, 4.69) is 10.4 Å². The third-order valence-electron chi connectivity index (χ3n) is 3.85. The van der Waals surface area contributed by atoms with Crippen LogP contribution in [0.5, 0.6) is 0 Å². The molecule has 27 heavy (non-hydrogen) atoms. The highest BCUT2D eigenvalue weighted by Crippen LogP contribution is 2.18. The summed E-state index contributed by atoms with van der Waals surface area (Å²) < 4.78 is 1.24. The van der Waals surface area contributed by atoms with E-state index in [1.54, 1.807) is 12.1 Å². The summed E-state index contributed by atoms with van der Waals surface area (Å²) in [6.07, 6.45) is 0. The van der Waals surface area contributed by atoms with E-state index in [0.29, 0.717) is 4.32 Å². The Kier molecular flexibility index (Phi) is 5.51. The molecule has 0 spiro atoms. The van der Waals surface area contributed by atoms with E-state index >= 15 is 0 Å². The molecule has 0 bridgehead atoms. The monoisotopic (exact) mass is 405 g/mol. The van der Waals surface area contributed by atoms with Crippen LogP contribution in [0.3, 0.4) is 0 Å². The van der Waals surface area contributed by atoms with Crippen molar-refractivity contribution in [3.8, 4) is 0 Å². The Morgan fingerprint density at radius 3 is 2.59 bits per heavy atom. The van der Waals surface area contributed by atoms with E-state index in [1.807, 2.05) is 0 Å². The molecule has 1 aliphatic heterocycles. The molecule has 1 aromatic carbocycles. The first-order valence-corrected chi connectivity index (χ1v) is 9.23. The van der Waals surface area contributed by atoms with Crippen LogP contribution in [0.15, 0.2) is 29.1 Å². The van der Waals surface area contributed by atoms with Crippen LogP contribution in [0.2, 0.25) is 0 Å². The summed E-state index contributed by atoms with van der Waals surface area (Å²) in [5.74, 6) is -1.92. The number of aromatic carboxylic acids is 1. The molecule has 1 N–H and O–H groups in total. The molecule has 1 aliphatic rings. The molecule has 140 valence electrons. The zero-order valence-electron chi connectivity index (χ0n) is 13.8. The van der Waals surface area contributed by atoms with Crippen molar-refractivity contribution in [3.63, 3.8) is 0 Å². The molecule has 11 heteroatoms. The van der Waals surface area contributed by atoms with E-state index in [1.165, 1.54) is 28.8 Å². The van der Waals surface area contributed by atoms with Gasteiger partial charge in [-0.05, 0) is 6.07 Å². The Hall–Kier alpha value is -2.79. The number of nitrogens with one attached hydrogen (secondary N) is 1. The largest absolute Gasteiger partial charge is 0.543 e. The van der Waals surface area contributed by atoms with Crippen molar-refractivity contribution in [2.75, 3.05) is 18.8 Å². The molecule has 1 aromatic heterocycles. The fourth-order valence-corrected chi connectivity index (χ4v) is 3.71. The van der Waals surface area contributed by atoms with Crippen molar-refractivity contribution in [2.24, 2.45) is 0 Å². The van der Waals surface area contributed by atoms with Crippen molar-refractivity contribution >= 4 is 56.9 Å². The van der Waals surface area contributed by atoms with Crippen LogP contribution in [0, 0.1) is 0 Å². The molecule has 1 saturated heterocycles. The molecule has 1 fully saturated rings. The summed E-state index contributed by atoms with van der Waals surface area (Å²) in [5.41, 5.74) is -0.999. The van der Waals surface area contributed by atoms with E-state index in [4.69, 9.17) is 12.2 Å². The lowest BCUT2D eigenvalue weighted by atomic mass is 10.1. The Balaban J connectivity index is 1.72. The third kappa shape index (κ3) is 3.98. The molecule has 3 rings (SSSR count). The van der Waals surface area contributed by atoms with Gasteiger partial charge >= 0.3 is 0 Å². The zero-order valence-corrected chi connectivity index (χ0v) is 15.5. The first kappa shape index (κ1) is 19.0. The molecular weight excluding hydrogens is 392 g/mol. The zero-order chi connectivity index (χ0) is 19.6. The van der Waals surface area contributed by atoms with Crippen LogP contribution >= 0.6 is 24.0 Å². The molecule has 2 aromatic rings. The number of hydrogen-bond donors (Lipinski definition) is 1. The molecule has 2 heterocycles. The van der Waals surface area contributed by atoms with Crippen LogP contribution < -0.4 is 16.0 Å². The minimum Gasteiger partial charge on any atom is -0.543 e. The first-order valence-electron chi connectivity index (χ1n) is 7.83. The Morgan fingerprint density at radius 1 is 1.26 bits per heavy atom. The average Bonchev–Trinajstić information content (AvgIpc) is 2.96. The number of hydrogen-bond acceptors (Lipinski definition) is 8. The number of fused-ring (bicyclic) bond motifs is 1. The number of thioether (sulfide) groups is 1. The van der Waals surface area contributed by atoms with Gasteiger partial charge in [-0.25, -0.2) is 4.68 Å². The minimum absolute atomic E-state index is 0.120. The van der Waals surface area contributed by atoms with Crippen LogP contribution in [-0.4, -0.2) is 55.6 Å². The Bertz CT molecular complexity index is 1000. The fourth-order valence-electron chi connectivity index (χ4n) is 2.59. The number of carboxylic acids is 1. The van der Waals surface area contributed by atoms with E-state index in [0.717, 1.165) is 4.68 Å². The van der Waals surface area contributed by atoms with Crippen LogP contribution in [0.4, 0.5) is 0 Å². The highest BCUT2D eigenvalue weighted by atomic mass is 32.2. The van der Waals surface area contributed by atoms with Crippen molar-refractivity contribution in [1.29, 1.82) is 0 Å². The van der Waals surface area contributed by atoms with Crippen LogP contribution in [0.1, 0.15) is 10.5 Å². The normalized spacial score (nSPS) is 14.0. The van der Waals surface area contributed by atoms with Gasteiger partial charge in [0.05, 0.1) is 17.1 Å².